The molecule has 8 nitrogen and oxygen atoms in total. The molecule has 5 rings (SSSR count). The van der Waals surface area contributed by atoms with E-state index in [0.717, 1.165) is 63.6 Å². The van der Waals surface area contributed by atoms with Gasteiger partial charge in [-0.15, -0.1) is 0 Å². The lowest BCUT2D eigenvalue weighted by Gasteiger charge is -2.41. The molecular formula is C23H30N4O4. The standard InChI is InChI=1S/C23H30N4O4/c1-29-19-6-5-18(14-24-19)21(28)27-10-2-9-23(15-27,13-16-3-4-16)22-25-20(31-26-22)17-7-11-30-12-8-17/h5-6,14,16-17H,2-4,7-13,15H2,1H3. The van der Waals surface area contributed by atoms with Crippen molar-refractivity contribution < 1.29 is 18.8 Å². The normalized spacial score (nSPS) is 24.9. The Hall–Kier alpha value is -2.48. The molecule has 0 radical (unpaired) electrons. The molecule has 1 unspecified atom stereocenters. The predicted molar refractivity (Wildman–Crippen MR) is 112 cm³/mol. The van der Waals surface area contributed by atoms with Gasteiger partial charge < -0.3 is 18.9 Å². The van der Waals surface area contributed by atoms with E-state index in [1.54, 1.807) is 25.4 Å². The summed E-state index contributed by atoms with van der Waals surface area (Å²) in [7, 11) is 1.57. The topological polar surface area (TPSA) is 90.6 Å². The average Bonchev–Trinajstić information content (AvgIpc) is 3.49. The SMILES string of the molecule is COc1ccc(C(=O)N2CCCC(CC3CC3)(c3noc(C4CCOCC4)n3)C2)cn1. The number of pyridine rings is 1. The fourth-order valence-corrected chi connectivity index (χ4v) is 4.99. The number of hydrogen-bond donors (Lipinski definition) is 0. The van der Waals surface area contributed by atoms with Crippen LogP contribution in [0.15, 0.2) is 22.9 Å². The highest BCUT2D eigenvalue weighted by Crippen LogP contribution is 2.46. The third-order valence-electron chi connectivity index (χ3n) is 6.92. The molecule has 1 aliphatic carbocycles. The first-order valence-corrected chi connectivity index (χ1v) is 11.4. The maximum Gasteiger partial charge on any atom is 0.255 e. The summed E-state index contributed by atoms with van der Waals surface area (Å²) in [4.78, 5) is 24.3. The second-order valence-electron chi connectivity index (χ2n) is 9.19. The van der Waals surface area contributed by atoms with E-state index in [0.29, 0.717) is 23.9 Å². The quantitative estimate of drug-likeness (QED) is 0.700. The third kappa shape index (κ3) is 4.31. The first-order valence-electron chi connectivity index (χ1n) is 11.4. The summed E-state index contributed by atoms with van der Waals surface area (Å²) in [6.45, 7) is 2.85. The molecular weight excluding hydrogens is 396 g/mol. The molecule has 0 N–H and O–H groups in total. The smallest absolute Gasteiger partial charge is 0.255 e. The van der Waals surface area contributed by atoms with E-state index in [1.165, 1.54) is 12.8 Å². The first kappa shape index (κ1) is 20.4. The van der Waals surface area contributed by atoms with Gasteiger partial charge in [-0.2, -0.15) is 4.98 Å². The highest BCUT2D eigenvalue weighted by Gasteiger charge is 2.46. The number of nitrogens with zero attached hydrogens (tertiary/aromatic N) is 4. The van der Waals surface area contributed by atoms with Gasteiger partial charge in [0.15, 0.2) is 5.82 Å². The van der Waals surface area contributed by atoms with Crippen molar-refractivity contribution in [3.05, 3.63) is 35.6 Å². The van der Waals surface area contributed by atoms with Crippen molar-refractivity contribution in [3.8, 4) is 5.88 Å². The van der Waals surface area contributed by atoms with E-state index < -0.39 is 0 Å². The number of rotatable bonds is 6. The second-order valence-corrected chi connectivity index (χ2v) is 9.19. The van der Waals surface area contributed by atoms with Crippen LogP contribution in [0, 0.1) is 5.92 Å². The van der Waals surface area contributed by atoms with E-state index in [2.05, 4.69) is 10.1 Å². The van der Waals surface area contributed by atoms with E-state index in [-0.39, 0.29) is 17.2 Å². The Morgan fingerprint density at radius 3 is 2.81 bits per heavy atom. The van der Waals surface area contributed by atoms with E-state index >= 15 is 0 Å². The van der Waals surface area contributed by atoms with Crippen LogP contribution in [-0.2, 0) is 10.2 Å². The zero-order valence-electron chi connectivity index (χ0n) is 18.1. The number of amides is 1. The zero-order chi connectivity index (χ0) is 21.3. The number of methoxy groups -OCH3 is 1. The molecule has 0 bridgehead atoms. The number of hydrogen-bond acceptors (Lipinski definition) is 7. The molecule has 2 saturated heterocycles. The summed E-state index contributed by atoms with van der Waals surface area (Å²) in [5, 5.41) is 4.46. The summed E-state index contributed by atoms with van der Waals surface area (Å²) in [5.41, 5.74) is 0.348. The number of carbonyl (C=O) groups is 1. The Bertz CT molecular complexity index is 905. The highest BCUT2D eigenvalue weighted by atomic mass is 16.5. The van der Waals surface area contributed by atoms with E-state index in [4.69, 9.17) is 19.0 Å². The predicted octanol–water partition coefficient (Wildman–Crippen LogP) is 3.34. The molecule has 2 aromatic heterocycles. The van der Waals surface area contributed by atoms with E-state index in [1.807, 2.05) is 4.90 Å². The Morgan fingerprint density at radius 1 is 1.26 bits per heavy atom. The number of aromatic nitrogens is 3. The maximum absolute atomic E-state index is 13.2. The van der Waals surface area contributed by atoms with Crippen LogP contribution in [0.2, 0.25) is 0 Å². The molecule has 1 saturated carbocycles. The number of carbonyl (C=O) groups excluding carboxylic acids is 1. The van der Waals surface area contributed by atoms with Crippen LogP contribution < -0.4 is 4.74 Å². The van der Waals surface area contributed by atoms with Gasteiger partial charge in [-0.1, -0.05) is 18.0 Å². The zero-order valence-corrected chi connectivity index (χ0v) is 18.1. The summed E-state index contributed by atoms with van der Waals surface area (Å²) in [6.07, 6.45) is 8.88. The van der Waals surface area contributed by atoms with Crippen molar-refractivity contribution in [1.29, 1.82) is 0 Å². The Balaban J connectivity index is 1.38. The highest BCUT2D eigenvalue weighted by molar-refractivity contribution is 5.94. The minimum atomic E-state index is -0.234. The van der Waals surface area contributed by atoms with Gasteiger partial charge in [-0.05, 0) is 44.1 Å². The molecule has 3 aliphatic rings. The van der Waals surface area contributed by atoms with Crippen molar-refractivity contribution in [2.24, 2.45) is 5.92 Å². The van der Waals surface area contributed by atoms with Crippen LogP contribution in [0.4, 0.5) is 0 Å². The number of ether oxygens (including phenoxy) is 2. The van der Waals surface area contributed by atoms with Gasteiger partial charge in [0.1, 0.15) is 0 Å². The molecule has 31 heavy (non-hydrogen) atoms. The average molecular weight is 427 g/mol. The Morgan fingerprint density at radius 2 is 2.10 bits per heavy atom. The van der Waals surface area contributed by atoms with Gasteiger partial charge >= 0.3 is 0 Å². The first-order chi connectivity index (χ1) is 15.2. The van der Waals surface area contributed by atoms with Crippen molar-refractivity contribution in [3.63, 3.8) is 0 Å². The van der Waals surface area contributed by atoms with Crippen molar-refractivity contribution in [2.75, 3.05) is 33.4 Å². The van der Waals surface area contributed by atoms with Crippen molar-refractivity contribution >= 4 is 5.91 Å². The molecule has 0 spiro atoms. The van der Waals surface area contributed by atoms with Gasteiger partial charge in [0, 0.05) is 44.5 Å². The molecule has 2 aromatic rings. The van der Waals surface area contributed by atoms with Crippen molar-refractivity contribution in [2.45, 2.75) is 56.3 Å². The van der Waals surface area contributed by atoms with Gasteiger partial charge in [-0.25, -0.2) is 4.98 Å². The van der Waals surface area contributed by atoms with Crippen LogP contribution in [0.5, 0.6) is 5.88 Å². The molecule has 1 atom stereocenters. The fourth-order valence-electron chi connectivity index (χ4n) is 4.99. The van der Waals surface area contributed by atoms with Crippen LogP contribution in [-0.4, -0.2) is 59.3 Å². The lowest BCUT2D eigenvalue weighted by atomic mass is 9.74. The van der Waals surface area contributed by atoms with Crippen LogP contribution in [0.3, 0.4) is 0 Å². The van der Waals surface area contributed by atoms with Crippen molar-refractivity contribution in [1.82, 2.24) is 20.0 Å². The van der Waals surface area contributed by atoms with Crippen LogP contribution >= 0.6 is 0 Å². The Kier molecular flexibility index (Phi) is 5.65. The summed E-state index contributed by atoms with van der Waals surface area (Å²) < 4.78 is 16.3. The molecule has 1 amide bonds. The van der Waals surface area contributed by atoms with Gasteiger partial charge in [0.25, 0.3) is 5.91 Å². The lowest BCUT2D eigenvalue weighted by molar-refractivity contribution is 0.0606. The minimum absolute atomic E-state index is 0.00294. The monoisotopic (exact) mass is 426 g/mol. The summed E-state index contributed by atoms with van der Waals surface area (Å²) in [5.74, 6) is 3.00. The van der Waals surface area contributed by atoms with E-state index in [9.17, 15) is 4.79 Å². The molecule has 0 aromatic carbocycles. The molecule has 4 heterocycles. The maximum atomic E-state index is 13.2. The molecule has 8 heteroatoms. The largest absolute Gasteiger partial charge is 0.481 e. The van der Waals surface area contributed by atoms with Crippen LogP contribution in [0.25, 0.3) is 0 Å². The summed E-state index contributed by atoms with van der Waals surface area (Å²) in [6, 6.07) is 3.51. The lowest BCUT2D eigenvalue weighted by Crippen LogP contribution is -2.49. The second kappa shape index (κ2) is 8.57. The van der Waals surface area contributed by atoms with Gasteiger partial charge in [-0.3, -0.25) is 4.79 Å². The summed E-state index contributed by atoms with van der Waals surface area (Å²) >= 11 is 0. The molecule has 2 aliphatic heterocycles. The molecule has 166 valence electrons. The number of piperidine rings is 1. The minimum Gasteiger partial charge on any atom is -0.481 e. The number of likely N-dealkylation sites (tertiary alicyclic amines) is 1. The van der Waals surface area contributed by atoms with Gasteiger partial charge in [0.2, 0.25) is 11.8 Å². The Labute approximate surface area is 182 Å². The fraction of sp³-hybridized carbons (Fsp3) is 0.652. The van der Waals surface area contributed by atoms with Gasteiger partial charge in [0.05, 0.1) is 18.1 Å². The van der Waals surface area contributed by atoms with Crippen LogP contribution in [0.1, 0.15) is 72.9 Å². The third-order valence-corrected chi connectivity index (χ3v) is 6.92. The molecule has 3 fully saturated rings.